The van der Waals surface area contributed by atoms with Gasteiger partial charge in [0, 0.05) is 0 Å². The number of hydrogen-bond acceptors (Lipinski definition) is 1. The maximum atomic E-state index is 4.52. The Kier molecular flexibility index (Phi) is 1.99. The zero-order valence-corrected chi connectivity index (χ0v) is 9.33. The Balaban J connectivity index is 2.60. The molecule has 0 aliphatic carbocycles. The largest absolute Gasteiger partial charge is 0.278 e. The molecule has 0 saturated carbocycles. The van der Waals surface area contributed by atoms with E-state index in [-0.39, 0.29) is 5.41 Å². The summed E-state index contributed by atoms with van der Waals surface area (Å²) in [7, 11) is 0. The van der Waals surface area contributed by atoms with Crippen LogP contribution in [0, 0.1) is 0 Å². The summed E-state index contributed by atoms with van der Waals surface area (Å²) >= 11 is 0. The molecule has 0 N–H and O–H groups in total. The zero-order valence-electron chi connectivity index (χ0n) is 9.33. The average Bonchev–Trinajstić information content (AvgIpc) is 2.41. The predicted molar refractivity (Wildman–Crippen MR) is 59.9 cm³/mol. The summed E-state index contributed by atoms with van der Waals surface area (Å²) in [6.45, 7) is 8.84. The van der Waals surface area contributed by atoms with Crippen molar-refractivity contribution in [3.05, 3.63) is 34.3 Å². The first-order chi connectivity index (χ1) is 6.47. The fourth-order valence-corrected chi connectivity index (χ4v) is 1.79. The number of hydrogen-bond donors (Lipinski definition) is 0. The molecule has 0 bridgehead atoms. The van der Waals surface area contributed by atoms with E-state index >= 15 is 0 Å². The van der Waals surface area contributed by atoms with Crippen LogP contribution in [-0.4, -0.2) is 6.04 Å². The lowest BCUT2D eigenvalue weighted by Crippen LogP contribution is -2.24. The van der Waals surface area contributed by atoms with Crippen LogP contribution in [0.1, 0.15) is 33.3 Å². The van der Waals surface area contributed by atoms with E-state index in [1.807, 2.05) is 0 Å². The van der Waals surface area contributed by atoms with Crippen molar-refractivity contribution < 1.29 is 0 Å². The summed E-state index contributed by atoms with van der Waals surface area (Å²) in [6.07, 6.45) is 2.23. The van der Waals surface area contributed by atoms with Gasteiger partial charge in [-0.2, -0.15) is 0 Å². The molecule has 0 aromatic heterocycles. The summed E-state index contributed by atoms with van der Waals surface area (Å²) in [6, 6.07) is 6.94. The van der Waals surface area contributed by atoms with Crippen molar-refractivity contribution in [3.8, 4) is 0 Å². The molecule has 1 heterocycles. The first-order valence-electron chi connectivity index (χ1n) is 5.17. The third-order valence-electron chi connectivity index (χ3n) is 2.66. The SMILES string of the molecule is CC1C=c2cc(C(C)(C)C)ccc2=N1. The second kappa shape index (κ2) is 2.94. The van der Waals surface area contributed by atoms with E-state index in [4.69, 9.17) is 0 Å². The summed E-state index contributed by atoms with van der Waals surface area (Å²) in [5.41, 5.74) is 1.62. The molecule has 1 aromatic carbocycles. The Morgan fingerprint density at radius 1 is 1.21 bits per heavy atom. The van der Waals surface area contributed by atoms with Crippen molar-refractivity contribution in [3.63, 3.8) is 0 Å². The van der Waals surface area contributed by atoms with E-state index in [2.05, 4.69) is 57.0 Å². The van der Waals surface area contributed by atoms with E-state index in [1.54, 1.807) is 0 Å². The molecule has 2 rings (SSSR count). The lowest BCUT2D eigenvalue weighted by molar-refractivity contribution is 0.589. The van der Waals surface area contributed by atoms with Crippen LogP contribution in [0.3, 0.4) is 0 Å². The van der Waals surface area contributed by atoms with Crippen molar-refractivity contribution in [1.29, 1.82) is 0 Å². The van der Waals surface area contributed by atoms with Gasteiger partial charge in [0.05, 0.1) is 11.4 Å². The van der Waals surface area contributed by atoms with Gasteiger partial charge in [-0.25, -0.2) is 0 Å². The van der Waals surface area contributed by atoms with Gasteiger partial charge in [0.15, 0.2) is 0 Å². The summed E-state index contributed by atoms with van der Waals surface area (Å²) < 4.78 is 0. The molecule has 1 heteroatoms. The van der Waals surface area contributed by atoms with Crippen LogP contribution in [0.15, 0.2) is 23.2 Å². The van der Waals surface area contributed by atoms with Gasteiger partial charge in [-0.3, -0.25) is 4.99 Å². The first kappa shape index (κ1) is 9.45. The molecule has 0 saturated heterocycles. The molecule has 1 nitrogen and oxygen atoms in total. The van der Waals surface area contributed by atoms with Crippen LogP contribution in [-0.2, 0) is 5.41 Å². The Bertz CT molecular complexity index is 463. The fraction of sp³-hybridized carbons (Fsp3) is 0.462. The molecular weight excluding hydrogens is 170 g/mol. The van der Waals surface area contributed by atoms with Crippen molar-refractivity contribution in [1.82, 2.24) is 0 Å². The molecular formula is C13H17N. The van der Waals surface area contributed by atoms with Crippen LogP contribution in [0.5, 0.6) is 0 Å². The number of benzene rings is 1. The van der Waals surface area contributed by atoms with Gasteiger partial charge in [-0.1, -0.05) is 32.9 Å². The van der Waals surface area contributed by atoms with Crippen LogP contribution in [0.4, 0.5) is 0 Å². The van der Waals surface area contributed by atoms with Crippen molar-refractivity contribution in [2.45, 2.75) is 39.2 Å². The third-order valence-corrected chi connectivity index (χ3v) is 2.66. The molecule has 0 spiro atoms. The summed E-state index contributed by atoms with van der Waals surface area (Å²) in [5.74, 6) is 0. The van der Waals surface area contributed by atoms with E-state index in [0.29, 0.717) is 6.04 Å². The normalized spacial score (nSPS) is 19.9. The minimum absolute atomic E-state index is 0.231. The van der Waals surface area contributed by atoms with Crippen LogP contribution >= 0.6 is 0 Å². The minimum Gasteiger partial charge on any atom is -0.278 e. The standard InChI is InChI=1S/C13H17N/c1-9-7-10-8-11(13(2,3)4)5-6-12(10)14-9/h5-9H,1-4H3. The van der Waals surface area contributed by atoms with Gasteiger partial charge in [0.25, 0.3) is 0 Å². The van der Waals surface area contributed by atoms with Crippen molar-refractivity contribution in [2.75, 3.05) is 0 Å². The van der Waals surface area contributed by atoms with Gasteiger partial charge < -0.3 is 0 Å². The van der Waals surface area contributed by atoms with E-state index in [9.17, 15) is 0 Å². The lowest BCUT2D eigenvalue weighted by atomic mass is 9.87. The van der Waals surface area contributed by atoms with Crippen molar-refractivity contribution in [2.24, 2.45) is 4.99 Å². The maximum absolute atomic E-state index is 4.52. The second-order valence-corrected chi connectivity index (χ2v) is 5.06. The highest BCUT2D eigenvalue weighted by molar-refractivity contribution is 5.36. The average molecular weight is 187 g/mol. The Labute approximate surface area is 85.2 Å². The number of fused-ring (bicyclic) bond motifs is 1. The number of rotatable bonds is 0. The van der Waals surface area contributed by atoms with Gasteiger partial charge in [-0.15, -0.1) is 0 Å². The maximum Gasteiger partial charge on any atom is 0.0668 e. The Morgan fingerprint density at radius 3 is 2.57 bits per heavy atom. The molecule has 1 aliphatic heterocycles. The summed E-state index contributed by atoms with van der Waals surface area (Å²) in [5, 5.41) is 2.44. The van der Waals surface area contributed by atoms with E-state index < -0.39 is 0 Å². The van der Waals surface area contributed by atoms with E-state index in [0.717, 1.165) is 5.36 Å². The molecule has 74 valence electrons. The monoisotopic (exact) mass is 187 g/mol. The van der Waals surface area contributed by atoms with Crippen molar-refractivity contribution >= 4 is 6.08 Å². The molecule has 14 heavy (non-hydrogen) atoms. The van der Waals surface area contributed by atoms with Gasteiger partial charge >= 0.3 is 0 Å². The topological polar surface area (TPSA) is 12.4 Å². The second-order valence-electron chi connectivity index (χ2n) is 5.06. The summed E-state index contributed by atoms with van der Waals surface area (Å²) in [4.78, 5) is 4.52. The highest BCUT2D eigenvalue weighted by atomic mass is 14.8. The zero-order chi connectivity index (χ0) is 10.3. The first-order valence-corrected chi connectivity index (χ1v) is 5.17. The molecule has 1 aromatic rings. The highest BCUT2D eigenvalue weighted by Gasteiger charge is 2.14. The Hall–Kier alpha value is -1.11. The number of nitrogens with zero attached hydrogens (tertiary/aromatic N) is 1. The molecule has 1 unspecified atom stereocenters. The highest BCUT2D eigenvalue weighted by Crippen LogP contribution is 2.19. The Morgan fingerprint density at radius 2 is 1.93 bits per heavy atom. The molecule has 1 atom stereocenters. The predicted octanol–water partition coefficient (Wildman–Crippen LogP) is 1.79. The van der Waals surface area contributed by atoms with Crippen LogP contribution in [0.2, 0.25) is 0 Å². The van der Waals surface area contributed by atoms with Gasteiger partial charge in [-0.05, 0) is 35.3 Å². The lowest BCUT2D eigenvalue weighted by Gasteiger charge is -2.18. The van der Waals surface area contributed by atoms with Crippen LogP contribution < -0.4 is 10.6 Å². The minimum atomic E-state index is 0.231. The quantitative estimate of drug-likeness (QED) is 0.587. The smallest absolute Gasteiger partial charge is 0.0668 e. The van der Waals surface area contributed by atoms with Crippen LogP contribution in [0.25, 0.3) is 6.08 Å². The van der Waals surface area contributed by atoms with Gasteiger partial charge in [0.1, 0.15) is 0 Å². The molecule has 0 radical (unpaired) electrons. The molecule has 0 amide bonds. The molecule has 1 aliphatic rings. The third kappa shape index (κ3) is 1.59. The van der Waals surface area contributed by atoms with Gasteiger partial charge in [0.2, 0.25) is 0 Å². The van der Waals surface area contributed by atoms with E-state index in [1.165, 1.54) is 10.8 Å². The fourth-order valence-electron chi connectivity index (χ4n) is 1.79. The molecule has 0 fully saturated rings.